The van der Waals surface area contributed by atoms with Gasteiger partial charge in [-0.05, 0) is 52.2 Å². The highest BCUT2D eigenvalue weighted by Crippen LogP contribution is 2.35. The molecule has 3 heterocycles. The van der Waals surface area contributed by atoms with E-state index in [-0.39, 0.29) is 43.7 Å². The number of aromatic nitrogens is 3. The number of para-hydroxylation sites is 1. The molecule has 46 heavy (non-hydrogen) atoms. The van der Waals surface area contributed by atoms with Gasteiger partial charge < -0.3 is 8.98 Å². The molecule has 0 bridgehead atoms. The summed E-state index contributed by atoms with van der Waals surface area (Å²) in [5.41, 5.74) is 8.65. The van der Waals surface area contributed by atoms with Crippen molar-refractivity contribution in [2.45, 2.75) is 0 Å². The standard InChI is InChI=1S/C34H13B8N3O/c35-22-20-21-23(36)25(38)27(40)29(42)33(21)45(32(20)28(41)26(39)24(22)37)17-8-4-6-15(12-17)14-5-3-7-16(11-14)30-34-31(44-13-43-30)18-9-1-2-10-19(18)46-34/h1-13H. The maximum absolute atomic E-state index is 6.63. The number of hydrogen-bond acceptors (Lipinski definition) is 3. The first-order valence-electron chi connectivity index (χ1n) is 14.3. The molecule has 8 rings (SSSR count). The molecule has 0 aliphatic heterocycles. The number of nitrogens with zero attached hydrogens (tertiary/aromatic N) is 3. The normalized spacial score (nSPS) is 11.7. The van der Waals surface area contributed by atoms with Crippen molar-refractivity contribution >= 4 is 150 Å². The number of furan rings is 1. The molecule has 0 saturated heterocycles. The second-order valence-corrected chi connectivity index (χ2v) is 11.2. The van der Waals surface area contributed by atoms with Crippen LogP contribution in [0.5, 0.6) is 0 Å². The Balaban J connectivity index is 1.37. The summed E-state index contributed by atoms with van der Waals surface area (Å²) in [6.45, 7) is 0. The summed E-state index contributed by atoms with van der Waals surface area (Å²) in [6, 6.07) is 23.7. The van der Waals surface area contributed by atoms with Crippen LogP contribution >= 0.6 is 0 Å². The number of rotatable bonds is 3. The molecule has 0 aliphatic carbocycles. The Bertz CT molecular complexity index is 2510. The number of fused-ring (bicyclic) bond motifs is 6. The van der Waals surface area contributed by atoms with E-state index < -0.39 is 0 Å². The summed E-state index contributed by atoms with van der Waals surface area (Å²) in [4.78, 5) is 9.09. The second-order valence-electron chi connectivity index (χ2n) is 11.2. The van der Waals surface area contributed by atoms with Crippen LogP contribution in [0.25, 0.3) is 71.9 Å². The van der Waals surface area contributed by atoms with Crippen molar-refractivity contribution in [2.75, 3.05) is 0 Å². The maximum Gasteiger partial charge on any atom is 0.180 e. The fourth-order valence-electron chi connectivity index (χ4n) is 6.37. The zero-order chi connectivity index (χ0) is 32.0. The van der Waals surface area contributed by atoms with Gasteiger partial charge in [0.1, 0.15) is 85.9 Å². The first-order valence-corrected chi connectivity index (χ1v) is 14.3. The van der Waals surface area contributed by atoms with Gasteiger partial charge in [-0.25, -0.2) is 9.97 Å². The molecule has 0 unspecified atom stereocenters. The average molecular weight is 566 g/mol. The third-order valence-corrected chi connectivity index (χ3v) is 8.69. The van der Waals surface area contributed by atoms with Gasteiger partial charge >= 0.3 is 0 Å². The second kappa shape index (κ2) is 10.4. The third-order valence-electron chi connectivity index (χ3n) is 8.69. The van der Waals surface area contributed by atoms with Crippen LogP contribution < -0.4 is 43.7 Å². The molecule has 0 spiro atoms. The lowest BCUT2D eigenvalue weighted by atomic mass is 9.63. The van der Waals surface area contributed by atoms with Gasteiger partial charge in [0.05, 0.1) is 0 Å². The van der Waals surface area contributed by atoms with Crippen LogP contribution in [0.3, 0.4) is 0 Å². The Hall–Kier alpha value is -4.70. The summed E-state index contributed by atoms with van der Waals surface area (Å²) >= 11 is 0. The average Bonchev–Trinajstić information content (AvgIpc) is 3.65. The molecule has 0 amide bonds. The van der Waals surface area contributed by atoms with E-state index in [4.69, 9.17) is 67.2 Å². The molecular weight excluding hydrogens is 553 g/mol. The first-order chi connectivity index (χ1) is 22.2. The van der Waals surface area contributed by atoms with E-state index in [9.17, 15) is 0 Å². The molecule has 0 aliphatic rings. The van der Waals surface area contributed by atoms with Crippen LogP contribution in [-0.4, -0.2) is 77.3 Å². The molecule has 0 saturated carbocycles. The van der Waals surface area contributed by atoms with Gasteiger partial charge in [-0.2, -0.15) is 0 Å². The molecule has 4 nitrogen and oxygen atoms in total. The highest BCUT2D eigenvalue weighted by atomic mass is 16.3. The smallest absolute Gasteiger partial charge is 0.180 e. The molecule has 12 heteroatoms. The molecule has 0 fully saturated rings. The van der Waals surface area contributed by atoms with E-state index >= 15 is 0 Å². The molecule has 3 aromatic heterocycles. The molecule has 0 atom stereocenters. The van der Waals surface area contributed by atoms with Crippen LogP contribution in [0.1, 0.15) is 0 Å². The Morgan fingerprint density at radius 2 is 1.09 bits per heavy atom. The van der Waals surface area contributed by atoms with E-state index in [0.29, 0.717) is 38.8 Å². The summed E-state index contributed by atoms with van der Waals surface area (Å²) in [5.74, 6) is 0. The van der Waals surface area contributed by atoms with Crippen molar-refractivity contribution in [3.05, 3.63) is 79.1 Å². The number of hydrogen-bond donors (Lipinski definition) is 0. The van der Waals surface area contributed by atoms with Crippen LogP contribution in [0.2, 0.25) is 0 Å². The zero-order valence-corrected chi connectivity index (χ0v) is 24.4. The number of benzene rings is 5. The Morgan fingerprint density at radius 1 is 0.522 bits per heavy atom. The Morgan fingerprint density at radius 3 is 1.76 bits per heavy atom. The first kappa shape index (κ1) is 28.8. The third kappa shape index (κ3) is 3.98. The summed E-state index contributed by atoms with van der Waals surface area (Å²) in [6.07, 6.45) is 1.55. The van der Waals surface area contributed by atoms with E-state index in [1.165, 1.54) is 0 Å². The molecule has 5 aromatic carbocycles. The van der Waals surface area contributed by atoms with E-state index in [2.05, 4.69) is 16.0 Å². The highest BCUT2D eigenvalue weighted by Gasteiger charge is 2.23. The van der Waals surface area contributed by atoms with Crippen molar-refractivity contribution in [3.63, 3.8) is 0 Å². The fourth-order valence-corrected chi connectivity index (χ4v) is 6.37. The summed E-state index contributed by atoms with van der Waals surface area (Å²) < 4.78 is 8.05. The van der Waals surface area contributed by atoms with Gasteiger partial charge in [0, 0.05) is 27.7 Å². The van der Waals surface area contributed by atoms with Crippen LogP contribution in [0, 0.1) is 0 Å². The summed E-state index contributed by atoms with van der Waals surface area (Å²) in [7, 11) is 51.6. The van der Waals surface area contributed by atoms with Crippen LogP contribution in [0.4, 0.5) is 0 Å². The minimum atomic E-state index is 0.145. The van der Waals surface area contributed by atoms with E-state index in [1.54, 1.807) is 6.33 Å². The lowest BCUT2D eigenvalue weighted by Gasteiger charge is -2.18. The fraction of sp³-hybridized carbons (Fsp3) is 0. The van der Waals surface area contributed by atoms with Gasteiger partial charge in [-0.3, -0.25) is 0 Å². The van der Waals surface area contributed by atoms with E-state index in [0.717, 1.165) is 33.2 Å². The van der Waals surface area contributed by atoms with Gasteiger partial charge in [-0.1, -0.05) is 64.3 Å². The predicted molar refractivity (Wildman–Crippen MR) is 198 cm³/mol. The van der Waals surface area contributed by atoms with Crippen molar-refractivity contribution in [1.29, 1.82) is 0 Å². The zero-order valence-electron chi connectivity index (χ0n) is 24.4. The van der Waals surface area contributed by atoms with Crippen molar-refractivity contribution < 1.29 is 4.42 Å². The van der Waals surface area contributed by atoms with E-state index in [1.807, 2.05) is 71.3 Å². The lowest BCUT2D eigenvalue weighted by Crippen LogP contribution is -2.49. The Labute approximate surface area is 275 Å². The van der Waals surface area contributed by atoms with Crippen molar-refractivity contribution in [2.24, 2.45) is 0 Å². The maximum atomic E-state index is 6.63. The SMILES string of the molecule is [B]c1c([B])c([B])c2c(c1[B])c1c([B])c([B])c([B])c([B])c1n2-c1cccc(-c2cccc(-c3ncnc4c3oc3ccccc34)c2)c1. The molecule has 0 N–H and O–H groups in total. The lowest BCUT2D eigenvalue weighted by molar-refractivity contribution is 0.667. The Kier molecular flexibility index (Phi) is 6.51. The molecular formula is C34H13B8N3O. The van der Waals surface area contributed by atoms with Gasteiger partial charge in [-0.15, -0.1) is 21.9 Å². The minimum absolute atomic E-state index is 0.145. The predicted octanol–water partition coefficient (Wildman–Crippen LogP) is -0.842. The topological polar surface area (TPSA) is 43.9 Å². The van der Waals surface area contributed by atoms with Gasteiger partial charge in [0.15, 0.2) is 5.58 Å². The van der Waals surface area contributed by atoms with Gasteiger partial charge in [0.25, 0.3) is 0 Å². The van der Waals surface area contributed by atoms with Gasteiger partial charge in [0.2, 0.25) is 0 Å². The largest absolute Gasteiger partial charge is 0.452 e. The molecule has 8 aromatic rings. The van der Waals surface area contributed by atoms with Crippen LogP contribution in [-0.2, 0) is 0 Å². The minimum Gasteiger partial charge on any atom is -0.452 e. The van der Waals surface area contributed by atoms with Crippen molar-refractivity contribution in [3.8, 4) is 28.1 Å². The monoisotopic (exact) mass is 567 g/mol. The van der Waals surface area contributed by atoms with Crippen molar-refractivity contribution in [1.82, 2.24) is 14.5 Å². The quantitative estimate of drug-likeness (QED) is 0.263. The molecule has 16 radical (unpaired) electrons. The van der Waals surface area contributed by atoms with Crippen LogP contribution in [0.15, 0.2) is 83.5 Å². The molecule has 194 valence electrons. The summed E-state index contributed by atoms with van der Waals surface area (Å²) in [5, 5.41) is 1.91. The highest BCUT2D eigenvalue weighted by molar-refractivity contribution is 6.71.